The minimum Gasteiger partial charge on any atom is -0.462 e. The van der Waals surface area contributed by atoms with E-state index < -0.39 is 6.10 Å². The van der Waals surface area contributed by atoms with Gasteiger partial charge in [0.15, 0.2) is 6.10 Å². The van der Waals surface area contributed by atoms with Crippen LogP contribution in [0.1, 0.15) is 316 Å². The van der Waals surface area contributed by atoms with Crippen molar-refractivity contribution in [1.82, 2.24) is 0 Å². The second kappa shape index (κ2) is 66.6. The molecular formula is C73H124O6. The van der Waals surface area contributed by atoms with Gasteiger partial charge in [0.1, 0.15) is 13.2 Å². The van der Waals surface area contributed by atoms with Crippen molar-refractivity contribution in [3.63, 3.8) is 0 Å². The number of unbranched alkanes of at least 4 members (excludes halogenated alkanes) is 31. The van der Waals surface area contributed by atoms with Crippen LogP contribution in [0.2, 0.25) is 0 Å². The second-order valence-corrected chi connectivity index (χ2v) is 22.0. The Balaban J connectivity index is 4.43. The molecule has 0 aromatic rings. The predicted octanol–water partition coefficient (Wildman–Crippen LogP) is 23.0. The highest BCUT2D eigenvalue weighted by Crippen LogP contribution is 2.16. The van der Waals surface area contributed by atoms with E-state index in [0.29, 0.717) is 19.3 Å². The maximum absolute atomic E-state index is 12.9. The minimum absolute atomic E-state index is 0.0923. The van der Waals surface area contributed by atoms with Gasteiger partial charge >= 0.3 is 17.9 Å². The first-order chi connectivity index (χ1) is 39.0. The third-order valence-corrected chi connectivity index (χ3v) is 14.2. The fourth-order valence-corrected chi connectivity index (χ4v) is 9.24. The standard InChI is InChI=1S/C73H124O6/c1-4-7-10-13-16-19-22-25-28-31-33-35-36-38-39-42-45-48-51-54-57-60-63-66-72(75)78-69-70(68-77-71(74)65-62-59-56-53-50-47-44-41-30-27-24-21-18-15-12-9-6-3)79-73(76)67-64-61-58-55-52-49-46-43-40-37-34-32-29-26-23-20-17-14-11-8-5-2/h9,12,18,21-23,25-27,30-34,36,38,44,47,70H,4-8,10-11,13-17,19-20,24,28-29,35,37,39-43,45-46,48-69H2,1-3H3/b12-9-,21-18-,25-22-,26-23-,30-27-,33-31-,34-32-,38-36-,47-44-. The van der Waals surface area contributed by atoms with Crippen LogP contribution < -0.4 is 0 Å². The Kier molecular flexibility index (Phi) is 63.3. The molecule has 1 atom stereocenters. The van der Waals surface area contributed by atoms with Gasteiger partial charge in [-0.25, -0.2) is 0 Å². The first-order valence-corrected chi connectivity index (χ1v) is 33.4. The highest BCUT2D eigenvalue weighted by Gasteiger charge is 2.19. The van der Waals surface area contributed by atoms with Gasteiger partial charge in [0.25, 0.3) is 0 Å². The van der Waals surface area contributed by atoms with E-state index in [1.165, 1.54) is 154 Å². The van der Waals surface area contributed by atoms with Crippen LogP contribution >= 0.6 is 0 Å². The van der Waals surface area contributed by atoms with Crippen molar-refractivity contribution < 1.29 is 28.6 Å². The third kappa shape index (κ3) is 64.8. The first kappa shape index (κ1) is 75.1. The molecule has 0 rings (SSSR count). The van der Waals surface area contributed by atoms with Gasteiger partial charge < -0.3 is 14.2 Å². The van der Waals surface area contributed by atoms with Gasteiger partial charge in [-0.3, -0.25) is 14.4 Å². The zero-order valence-electron chi connectivity index (χ0n) is 51.9. The van der Waals surface area contributed by atoms with Crippen LogP contribution in [0.3, 0.4) is 0 Å². The van der Waals surface area contributed by atoms with Crippen molar-refractivity contribution in [2.45, 2.75) is 322 Å². The zero-order valence-corrected chi connectivity index (χ0v) is 51.9. The molecule has 0 N–H and O–H groups in total. The molecule has 0 aliphatic rings. The summed E-state index contributed by atoms with van der Waals surface area (Å²) in [7, 11) is 0. The summed E-state index contributed by atoms with van der Waals surface area (Å²) in [5, 5.41) is 0. The number of carbonyl (C=O) groups is 3. The summed E-state index contributed by atoms with van der Waals surface area (Å²) in [5.74, 6) is -0.918. The fourth-order valence-electron chi connectivity index (χ4n) is 9.24. The van der Waals surface area contributed by atoms with Gasteiger partial charge in [0.2, 0.25) is 0 Å². The number of hydrogen-bond acceptors (Lipinski definition) is 6. The molecule has 0 aromatic heterocycles. The van der Waals surface area contributed by atoms with E-state index in [-0.39, 0.29) is 31.1 Å². The number of hydrogen-bond donors (Lipinski definition) is 0. The molecule has 0 spiro atoms. The van der Waals surface area contributed by atoms with Crippen molar-refractivity contribution in [2.75, 3.05) is 13.2 Å². The lowest BCUT2D eigenvalue weighted by molar-refractivity contribution is -0.167. The number of rotatable bonds is 60. The summed E-state index contributed by atoms with van der Waals surface area (Å²) < 4.78 is 16.9. The van der Waals surface area contributed by atoms with Crippen LogP contribution in [0.15, 0.2) is 109 Å². The van der Waals surface area contributed by atoms with Crippen LogP contribution in [0.25, 0.3) is 0 Å². The van der Waals surface area contributed by atoms with E-state index in [1.807, 2.05) is 0 Å². The molecule has 79 heavy (non-hydrogen) atoms. The molecular weight excluding hydrogens is 973 g/mol. The Morgan fingerprint density at radius 2 is 0.494 bits per heavy atom. The number of allylic oxidation sites excluding steroid dienone is 18. The molecule has 0 fully saturated rings. The summed E-state index contributed by atoms with van der Waals surface area (Å²) in [6.45, 7) is 6.50. The highest BCUT2D eigenvalue weighted by molar-refractivity contribution is 5.71. The Morgan fingerprint density at radius 3 is 0.772 bits per heavy atom. The molecule has 0 saturated heterocycles. The lowest BCUT2D eigenvalue weighted by Gasteiger charge is -2.18. The van der Waals surface area contributed by atoms with Gasteiger partial charge in [-0.2, -0.15) is 0 Å². The van der Waals surface area contributed by atoms with Gasteiger partial charge in [-0.15, -0.1) is 0 Å². The monoisotopic (exact) mass is 1100 g/mol. The molecule has 0 saturated carbocycles. The second-order valence-electron chi connectivity index (χ2n) is 22.0. The molecule has 0 aliphatic heterocycles. The summed E-state index contributed by atoms with van der Waals surface area (Å²) in [5.41, 5.74) is 0. The third-order valence-electron chi connectivity index (χ3n) is 14.2. The quantitative estimate of drug-likeness (QED) is 0.0261. The highest BCUT2D eigenvalue weighted by atomic mass is 16.6. The molecule has 0 aromatic carbocycles. The number of ether oxygens (including phenoxy) is 3. The fraction of sp³-hybridized carbons (Fsp3) is 0.712. The zero-order chi connectivity index (χ0) is 57.1. The van der Waals surface area contributed by atoms with Crippen LogP contribution in [-0.2, 0) is 28.6 Å². The largest absolute Gasteiger partial charge is 0.462 e. The van der Waals surface area contributed by atoms with E-state index >= 15 is 0 Å². The van der Waals surface area contributed by atoms with Crippen molar-refractivity contribution in [3.05, 3.63) is 109 Å². The molecule has 0 bridgehead atoms. The summed E-state index contributed by atoms with van der Waals surface area (Å²) in [6, 6.07) is 0. The Morgan fingerprint density at radius 1 is 0.266 bits per heavy atom. The summed E-state index contributed by atoms with van der Waals surface area (Å²) >= 11 is 0. The van der Waals surface area contributed by atoms with Crippen molar-refractivity contribution in [3.8, 4) is 0 Å². The van der Waals surface area contributed by atoms with Crippen molar-refractivity contribution >= 4 is 17.9 Å². The van der Waals surface area contributed by atoms with Gasteiger partial charge in [-0.05, 0) is 128 Å². The number of esters is 3. The van der Waals surface area contributed by atoms with E-state index in [0.717, 1.165) is 122 Å². The summed E-state index contributed by atoms with van der Waals surface area (Å²) in [4.78, 5) is 38.4. The van der Waals surface area contributed by atoms with Crippen molar-refractivity contribution in [2.24, 2.45) is 0 Å². The number of carbonyl (C=O) groups excluding carboxylic acids is 3. The van der Waals surface area contributed by atoms with E-state index in [2.05, 4.69) is 130 Å². The van der Waals surface area contributed by atoms with Crippen LogP contribution in [0.4, 0.5) is 0 Å². The maximum atomic E-state index is 12.9. The Labute approximate surface area is 489 Å². The normalized spacial score (nSPS) is 12.8. The average molecular weight is 1100 g/mol. The molecule has 6 heteroatoms. The summed E-state index contributed by atoms with van der Waals surface area (Å²) in [6.07, 6.45) is 90.9. The average Bonchev–Trinajstić information content (AvgIpc) is 3.45. The van der Waals surface area contributed by atoms with Crippen LogP contribution in [-0.4, -0.2) is 37.2 Å². The van der Waals surface area contributed by atoms with Crippen molar-refractivity contribution in [1.29, 1.82) is 0 Å². The predicted molar refractivity (Wildman–Crippen MR) is 343 cm³/mol. The van der Waals surface area contributed by atoms with Crippen LogP contribution in [0, 0.1) is 0 Å². The first-order valence-electron chi connectivity index (χ1n) is 33.4. The molecule has 1 unspecified atom stereocenters. The maximum Gasteiger partial charge on any atom is 0.306 e. The van der Waals surface area contributed by atoms with E-state index in [9.17, 15) is 14.4 Å². The molecule has 6 nitrogen and oxygen atoms in total. The molecule has 0 heterocycles. The SMILES string of the molecule is CC/C=C\C/C=C\C/C=C\C/C=C\CCCCCCC(=O)OCC(COC(=O)CCCCCCCCCC/C=C\C/C=C\C/C=C\CCCCCCC)OC(=O)CCCCCCCCCCC/C=C\C/C=C\CCCCCCC. The van der Waals surface area contributed by atoms with Gasteiger partial charge in [0, 0.05) is 19.3 Å². The molecule has 0 aliphatic carbocycles. The topological polar surface area (TPSA) is 78.9 Å². The van der Waals surface area contributed by atoms with E-state index in [1.54, 1.807) is 0 Å². The minimum atomic E-state index is -0.798. The molecule has 0 radical (unpaired) electrons. The lowest BCUT2D eigenvalue weighted by Crippen LogP contribution is -2.30. The lowest BCUT2D eigenvalue weighted by atomic mass is 10.1. The smallest absolute Gasteiger partial charge is 0.306 e. The Bertz CT molecular complexity index is 1590. The van der Waals surface area contributed by atoms with Crippen LogP contribution in [0.5, 0.6) is 0 Å². The molecule has 0 amide bonds. The van der Waals surface area contributed by atoms with Gasteiger partial charge in [0.05, 0.1) is 0 Å². The van der Waals surface area contributed by atoms with E-state index in [4.69, 9.17) is 14.2 Å². The Hall–Kier alpha value is -3.93. The molecule has 452 valence electrons. The van der Waals surface area contributed by atoms with Gasteiger partial charge in [-0.1, -0.05) is 278 Å².